The highest BCUT2D eigenvalue weighted by molar-refractivity contribution is 6.30. The molecular formula is C15H13ClFNO3. The Morgan fingerprint density at radius 3 is 2.76 bits per heavy atom. The molecule has 110 valence electrons. The van der Waals surface area contributed by atoms with Gasteiger partial charge >= 0.3 is 5.97 Å². The van der Waals surface area contributed by atoms with Crippen molar-refractivity contribution in [2.24, 2.45) is 0 Å². The van der Waals surface area contributed by atoms with Gasteiger partial charge in [0.1, 0.15) is 17.1 Å². The molecule has 0 amide bonds. The first kappa shape index (κ1) is 14.1. The van der Waals surface area contributed by atoms with Gasteiger partial charge in [-0.2, -0.15) is 0 Å². The van der Waals surface area contributed by atoms with E-state index in [1.165, 1.54) is 18.2 Å². The molecule has 1 aliphatic carbocycles. The second kappa shape index (κ2) is 5.48. The molecule has 1 aromatic heterocycles. The molecule has 0 bridgehead atoms. The van der Waals surface area contributed by atoms with E-state index in [0.29, 0.717) is 10.8 Å². The van der Waals surface area contributed by atoms with Gasteiger partial charge < -0.3 is 9.63 Å². The molecule has 0 spiro atoms. The number of carbonyl (C=O) groups is 1. The van der Waals surface area contributed by atoms with E-state index in [9.17, 15) is 14.3 Å². The van der Waals surface area contributed by atoms with Gasteiger partial charge in [-0.3, -0.25) is 0 Å². The minimum absolute atomic E-state index is 0.00407. The summed E-state index contributed by atoms with van der Waals surface area (Å²) in [7, 11) is 0. The van der Waals surface area contributed by atoms with Gasteiger partial charge in [-0.15, -0.1) is 0 Å². The van der Waals surface area contributed by atoms with E-state index in [0.717, 1.165) is 25.7 Å². The van der Waals surface area contributed by atoms with E-state index < -0.39 is 11.8 Å². The van der Waals surface area contributed by atoms with Crippen molar-refractivity contribution in [1.29, 1.82) is 0 Å². The summed E-state index contributed by atoms with van der Waals surface area (Å²) in [6.45, 7) is 0. The first-order valence-corrected chi connectivity index (χ1v) is 7.14. The Labute approximate surface area is 125 Å². The standard InChI is InChI=1S/C15H13ClFNO3/c16-9-5-6-11(17)10(7-9)13-12(15(19)20)14(21-18-13)8-3-1-2-4-8/h5-8H,1-4H2,(H,19,20). The minimum atomic E-state index is -1.16. The molecule has 0 unspecified atom stereocenters. The molecule has 6 heteroatoms. The topological polar surface area (TPSA) is 63.3 Å². The highest BCUT2D eigenvalue weighted by Crippen LogP contribution is 2.39. The van der Waals surface area contributed by atoms with Crippen LogP contribution in [0.5, 0.6) is 0 Å². The number of aromatic carboxylic acids is 1. The molecule has 1 saturated carbocycles. The van der Waals surface area contributed by atoms with Crippen molar-refractivity contribution in [3.8, 4) is 11.3 Å². The second-order valence-electron chi connectivity index (χ2n) is 5.18. The summed E-state index contributed by atoms with van der Waals surface area (Å²) in [6, 6.07) is 3.95. The fourth-order valence-corrected chi connectivity index (χ4v) is 3.01. The Hall–Kier alpha value is -1.88. The van der Waals surface area contributed by atoms with Crippen molar-refractivity contribution in [1.82, 2.24) is 5.16 Å². The number of hydrogen-bond donors (Lipinski definition) is 1. The van der Waals surface area contributed by atoms with Crippen molar-refractivity contribution in [2.45, 2.75) is 31.6 Å². The molecule has 1 N–H and O–H groups in total. The van der Waals surface area contributed by atoms with Crippen LogP contribution in [0.15, 0.2) is 22.7 Å². The van der Waals surface area contributed by atoms with E-state index in [1.54, 1.807) is 0 Å². The SMILES string of the molecule is O=C(O)c1c(-c2cc(Cl)ccc2F)noc1C1CCCC1. The third-order valence-electron chi connectivity index (χ3n) is 3.84. The first-order chi connectivity index (χ1) is 10.1. The van der Waals surface area contributed by atoms with Gasteiger partial charge in [-0.05, 0) is 31.0 Å². The highest BCUT2D eigenvalue weighted by Gasteiger charge is 2.31. The quantitative estimate of drug-likeness (QED) is 0.907. The highest BCUT2D eigenvalue weighted by atomic mass is 35.5. The molecule has 0 saturated heterocycles. The first-order valence-electron chi connectivity index (χ1n) is 6.76. The zero-order valence-corrected chi connectivity index (χ0v) is 11.9. The molecule has 21 heavy (non-hydrogen) atoms. The lowest BCUT2D eigenvalue weighted by Crippen LogP contribution is -2.04. The van der Waals surface area contributed by atoms with Gasteiger partial charge in [0.15, 0.2) is 5.76 Å². The van der Waals surface area contributed by atoms with Crippen LogP contribution in [0.1, 0.15) is 47.7 Å². The number of carboxylic acids is 1. The van der Waals surface area contributed by atoms with E-state index in [4.69, 9.17) is 16.1 Å². The minimum Gasteiger partial charge on any atom is -0.477 e. The fourth-order valence-electron chi connectivity index (χ4n) is 2.84. The van der Waals surface area contributed by atoms with Crippen LogP contribution in [0.2, 0.25) is 5.02 Å². The third-order valence-corrected chi connectivity index (χ3v) is 4.08. The average molecular weight is 310 g/mol. The average Bonchev–Trinajstić information content (AvgIpc) is 3.08. The maximum Gasteiger partial charge on any atom is 0.341 e. The van der Waals surface area contributed by atoms with E-state index in [2.05, 4.69) is 5.16 Å². The Bertz CT molecular complexity index is 692. The normalized spacial score (nSPS) is 15.5. The fraction of sp³-hybridized carbons (Fsp3) is 0.333. The molecule has 3 rings (SSSR count). The number of benzene rings is 1. The number of carboxylic acid groups (broad SMARTS) is 1. The van der Waals surface area contributed by atoms with Crippen LogP contribution in [-0.4, -0.2) is 16.2 Å². The van der Waals surface area contributed by atoms with Crippen LogP contribution < -0.4 is 0 Å². The Balaban J connectivity index is 2.14. The van der Waals surface area contributed by atoms with Crippen molar-refractivity contribution >= 4 is 17.6 Å². The van der Waals surface area contributed by atoms with Crippen LogP contribution in [-0.2, 0) is 0 Å². The van der Waals surface area contributed by atoms with Crippen LogP contribution in [0.3, 0.4) is 0 Å². The number of nitrogens with zero attached hydrogens (tertiary/aromatic N) is 1. The number of halogens is 2. The van der Waals surface area contributed by atoms with Crippen molar-refractivity contribution < 1.29 is 18.8 Å². The number of aromatic nitrogens is 1. The lowest BCUT2D eigenvalue weighted by molar-refractivity contribution is 0.0694. The second-order valence-corrected chi connectivity index (χ2v) is 5.62. The van der Waals surface area contributed by atoms with Gasteiger partial charge in [-0.1, -0.05) is 29.6 Å². The molecule has 1 aromatic carbocycles. The molecule has 0 aliphatic heterocycles. The molecule has 1 fully saturated rings. The molecule has 0 radical (unpaired) electrons. The van der Waals surface area contributed by atoms with Crippen LogP contribution >= 0.6 is 11.6 Å². The van der Waals surface area contributed by atoms with Gasteiger partial charge in [0.2, 0.25) is 0 Å². The van der Waals surface area contributed by atoms with Crippen molar-refractivity contribution in [3.63, 3.8) is 0 Å². The maximum absolute atomic E-state index is 14.0. The molecule has 1 heterocycles. The lowest BCUT2D eigenvalue weighted by Gasteiger charge is -2.06. The third kappa shape index (κ3) is 2.53. The molecule has 1 aliphatic rings. The summed E-state index contributed by atoms with van der Waals surface area (Å²) >= 11 is 5.86. The van der Waals surface area contributed by atoms with Crippen LogP contribution in [0, 0.1) is 5.82 Å². The van der Waals surface area contributed by atoms with E-state index in [1.807, 2.05) is 0 Å². The van der Waals surface area contributed by atoms with Crippen molar-refractivity contribution in [2.75, 3.05) is 0 Å². The smallest absolute Gasteiger partial charge is 0.341 e. The summed E-state index contributed by atoms with van der Waals surface area (Å²) in [4.78, 5) is 11.6. The number of rotatable bonds is 3. The summed E-state index contributed by atoms with van der Waals surface area (Å²) in [5, 5.41) is 13.6. The maximum atomic E-state index is 14.0. The zero-order valence-electron chi connectivity index (χ0n) is 11.1. The largest absolute Gasteiger partial charge is 0.477 e. The summed E-state index contributed by atoms with van der Waals surface area (Å²) < 4.78 is 19.2. The summed E-state index contributed by atoms with van der Waals surface area (Å²) in [5.74, 6) is -1.35. The van der Waals surface area contributed by atoms with E-state index in [-0.39, 0.29) is 22.7 Å². The molecular weight excluding hydrogens is 297 g/mol. The van der Waals surface area contributed by atoms with E-state index >= 15 is 0 Å². The van der Waals surface area contributed by atoms with Gasteiger partial charge in [0.05, 0.1) is 0 Å². The summed E-state index contributed by atoms with van der Waals surface area (Å²) in [6.07, 6.45) is 3.80. The predicted molar refractivity (Wildman–Crippen MR) is 75.1 cm³/mol. The van der Waals surface area contributed by atoms with Crippen LogP contribution in [0.4, 0.5) is 4.39 Å². The molecule has 4 nitrogen and oxygen atoms in total. The summed E-state index contributed by atoms with van der Waals surface area (Å²) in [5.41, 5.74) is 0.000337. The number of hydrogen-bond acceptors (Lipinski definition) is 3. The molecule has 2 aromatic rings. The molecule has 0 atom stereocenters. The zero-order chi connectivity index (χ0) is 15.0. The van der Waals surface area contributed by atoms with Gasteiger partial charge in [0, 0.05) is 16.5 Å². The van der Waals surface area contributed by atoms with Gasteiger partial charge in [-0.25, -0.2) is 9.18 Å². The van der Waals surface area contributed by atoms with Gasteiger partial charge in [0.25, 0.3) is 0 Å². The Morgan fingerprint density at radius 2 is 2.10 bits per heavy atom. The monoisotopic (exact) mass is 309 g/mol. The predicted octanol–water partition coefficient (Wildman–Crippen LogP) is 4.49. The lowest BCUT2D eigenvalue weighted by atomic mass is 9.97. The van der Waals surface area contributed by atoms with Crippen LogP contribution in [0.25, 0.3) is 11.3 Å². The van der Waals surface area contributed by atoms with Crippen molar-refractivity contribution in [3.05, 3.63) is 40.4 Å². The Morgan fingerprint density at radius 1 is 1.38 bits per heavy atom. The Kier molecular flexibility index (Phi) is 3.68.